The summed E-state index contributed by atoms with van der Waals surface area (Å²) in [5, 5.41) is 2.10. The fourth-order valence-corrected chi connectivity index (χ4v) is 1.93. The van der Waals surface area contributed by atoms with E-state index in [4.69, 9.17) is 5.73 Å². The second-order valence-electron chi connectivity index (χ2n) is 2.36. The summed E-state index contributed by atoms with van der Waals surface area (Å²) in [6, 6.07) is 4.24. The van der Waals surface area contributed by atoms with Crippen LogP contribution in [0.25, 0.3) is 0 Å². The third kappa shape index (κ3) is 1.58. The van der Waals surface area contributed by atoms with Crippen molar-refractivity contribution in [2.45, 2.75) is 19.3 Å². The lowest BCUT2D eigenvalue weighted by Gasteiger charge is -2.07. The van der Waals surface area contributed by atoms with E-state index < -0.39 is 0 Å². The topological polar surface area (TPSA) is 26.0 Å². The van der Waals surface area contributed by atoms with Crippen molar-refractivity contribution >= 4 is 11.3 Å². The van der Waals surface area contributed by atoms with Gasteiger partial charge in [0.05, 0.1) is 0 Å². The molecule has 1 aromatic rings. The zero-order chi connectivity index (χ0) is 7.40. The predicted octanol–water partition coefficient (Wildman–Crippen LogP) is 2.20. The number of hydrogen-bond donors (Lipinski definition) is 1. The number of nitrogens with two attached hydrogens (primary N) is 1. The van der Waals surface area contributed by atoms with E-state index in [2.05, 4.69) is 24.4 Å². The maximum absolute atomic E-state index is 5.58. The van der Waals surface area contributed by atoms with E-state index in [1.165, 1.54) is 4.88 Å². The first-order valence-corrected chi connectivity index (χ1v) is 4.50. The van der Waals surface area contributed by atoms with E-state index in [-0.39, 0.29) is 0 Å². The molecule has 0 bridgehead atoms. The molecule has 0 aliphatic heterocycles. The normalized spacial score (nSPS) is 13.4. The zero-order valence-electron chi connectivity index (χ0n) is 6.21. The molecule has 2 N–H and O–H groups in total. The van der Waals surface area contributed by atoms with Crippen LogP contribution in [0.4, 0.5) is 0 Å². The summed E-state index contributed by atoms with van der Waals surface area (Å²) in [7, 11) is 0. The molecule has 1 aromatic heterocycles. The van der Waals surface area contributed by atoms with Crippen LogP contribution in [0.1, 0.15) is 24.1 Å². The summed E-state index contributed by atoms with van der Waals surface area (Å²) in [5.74, 6) is 0.583. The molecule has 0 spiro atoms. The molecule has 0 aromatic carbocycles. The molecular weight excluding hydrogens is 142 g/mol. The highest BCUT2D eigenvalue weighted by atomic mass is 32.1. The Bertz CT molecular complexity index is 165. The number of rotatable bonds is 3. The lowest BCUT2D eigenvalue weighted by Crippen LogP contribution is -2.09. The smallest absolute Gasteiger partial charge is 0.00886 e. The van der Waals surface area contributed by atoms with Crippen molar-refractivity contribution in [1.29, 1.82) is 0 Å². The van der Waals surface area contributed by atoms with Gasteiger partial charge in [-0.2, -0.15) is 0 Å². The van der Waals surface area contributed by atoms with Gasteiger partial charge in [0.2, 0.25) is 0 Å². The minimum absolute atomic E-state index is 0.583. The molecule has 1 rings (SSSR count). The van der Waals surface area contributed by atoms with E-state index >= 15 is 0 Å². The van der Waals surface area contributed by atoms with Crippen LogP contribution in [0.2, 0.25) is 0 Å². The first-order valence-electron chi connectivity index (χ1n) is 3.62. The molecule has 0 amide bonds. The van der Waals surface area contributed by atoms with Gasteiger partial charge >= 0.3 is 0 Å². The summed E-state index contributed by atoms with van der Waals surface area (Å²) in [4.78, 5) is 1.42. The molecule has 10 heavy (non-hydrogen) atoms. The van der Waals surface area contributed by atoms with Gasteiger partial charge < -0.3 is 5.73 Å². The van der Waals surface area contributed by atoms with Crippen molar-refractivity contribution in [2.75, 3.05) is 6.54 Å². The molecule has 1 heterocycles. The highest BCUT2D eigenvalue weighted by Crippen LogP contribution is 2.22. The van der Waals surface area contributed by atoms with Gasteiger partial charge in [0.1, 0.15) is 0 Å². The molecule has 1 unspecified atom stereocenters. The van der Waals surface area contributed by atoms with Gasteiger partial charge in [0.25, 0.3) is 0 Å². The summed E-state index contributed by atoms with van der Waals surface area (Å²) >= 11 is 1.80. The average molecular weight is 155 g/mol. The number of thiophene rings is 1. The summed E-state index contributed by atoms with van der Waals surface area (Å²) in [6.45, 7) is 2.95. The second kappa shape index (κ2) is 3.74. The molecule has 0 aliphatic carbocycles. The third-order valence-corrected chi connectivity index (χ3v) is 2.76. The van der Waals surface area contributed by atoms with Gasteiger partial charge in [-0.1, -0.05) is 13.0 Å². The van der Waals surface area contributed by atoms with Gasteiger partial charge in [-0.25, -0.2) is 0 Å². The SMILES string of the molecule is CCC(CN)c1cccs1. The third-order valence-electron chi connectivity index (χ3n) is 1.72. The Labute approximate surface area is 65.9 Å². The molecule has 0 fully saturated rings. The van der Waals surface area contributed by atoms with E-state index in [0.717, 1.165) is 13.0 Å². The van der Waals surface area contributed by atoms with Crippen LogP contribution in [0.3, 0.4) is 0 Å². The Hall–Kier alpha value is -0.340. The van der Waals surface area contributed by atoms with Gasteiger partial charge in [0, 0.05) is 10.8 Å². The van der Waals surface area contributed by atoms with Crippen LogP contribution >= 0.6 is 11.3 Å². The lowest BCUT2D eigenvalue weighted by atomic mass is 10.1. The molecule has 1 nitrogen and oxygen atoms in total. The minimum atomic E-state index is 0.583. The Kier molecular flexibility index (Phi) is 2.90. The van der Waals surface area contributed by atoms with Crippen LogP contribution in [-0.2, 0) is 0 Å². The highest BCUT2D eigenvalue weighted by molar-refractivity contribution is 7.10. The van der Waals surface area contributed by atoms with E-state index in [0.29, 0.717) is 5.92 Å². The first kappa shape index (κ1) is 7.76. The average Bonchev–Trinajstić information content (AvgIpc) is 2.43. The molecule has 0 saturated carbocycles. The number of hydrogen-bond acceptors (Lipinski definition) is 2. The van der Waals surface area contributed by atoms with Crippen molar-refractivity contribution in [3.8, 4) is 0 Å². The molecular formula is C8H13NS. The van der Waals surface area contributed by atoms with Gasteiger partial charge in [-0.05, 0) is 24.4 Å². The quantitative estimate of drug-likeness (QED) is 0.711. The van der Waals surface area contributed by atoms with Crippen molar-refractivity contribution < 1.29 is 0 Å². The summed E-state index contributed by atoms with van der Waals surface area (Å²) in [6.07, 6.45) is 1.15. The van der Waals surface area contributed by atoms with E-state index in [9.17, 15) is 0 Å². The molecule has 1 atom stereocenters. The maximum atomic E-state index is 5.58. The fourth-order valence-electron chi connectivity index (χ4n) is 1.01. The van der Waals surface area contributed by atoms with Crippen LogP contribution in [0.15, 0.2) is 17.5 Å². The van der Waals surface area contributed by atoms with Crippen LogP contribution in [-0.4, -0.2) is 6.54 Å². The Morgan fingerprint density at radius 2 is 2.50 bits per heavy atom. The van der Waals surface area contributed by atoms with Crippen molar-refractivity contribution in [2.24, 2.45) is 5.73 Å². The van der Waals surface area contributed by atoms with Gasteiger partial charge in [0.15, 0.2) is 0 Å². The minimum Gasteiger partial charge on any atom is -0.330 e. The fraction of sp³-hybridized carbons (Fsp3) is 0.500. The first-order chi connectivity index (χ1) is 4.88. The molecule has 0 aliphatic rings. The molecule has 0 saturated heterocycles. The Morgan fingerprint density at radius 3 is 2.90 bits per heavy atom. The van der Waals surface area contributed by atoms with Crippen molar-refractivity contribution in [3.63, 3.8) is 0 Å². The van der Waals surface area contributed by atoms with Crippen LogP contribution < -0.4 is 5.73 Å². The van der Waals surface area contributed by atoms with Gasteiger partial charge in [-0.15, -0.1) is 11.3 Å². The lowest BCUT2D eigenvalue weighted by molar-refractivity contribution is 0.686. The van der Waals surface area contributed by atoms with Crippen molar-refractivity contribution in [3.05, 3.63) is 22.4 Å². The zero-order valence-corrected chi connectivity index (χ0v) is 7.03. The standard InChI is InChI=1S/C8H13NS/c1-2-7(6-9)8-4-3-5-10-8/h3-5,7H,2,6,9H2,1H3. The Balaban J connectivity index is 2.64. The second-order valence-corrected chi connectivity index (χ2v) is 3.34. The summed E-state index contributed by atoms with van der Waals surface area (Å²) < 4.78 is 0. The largest absolute Gasteiger partial charge is 0.330 e. The molecule has 2 heteroatoms. The van der Waals surface area contributed by atoms with Crippen molar-refractivity contribution in [1.82, 2.24) is 0 Å². The predicted molar refractivity (Wildman–Crippen MR) is 46.4 cm³/mol. The maximum Gasteiger partial charge on any atom is 0.00886 e. The monoisotopic (exact) mass is 155 g/mol. The Morgan fingerprint density at radius 1 is 1.70 bits per heavy atom. The van der Waals surface area contributed by atoms with Crippen LogP contribution in [0.5, 0.6) is 0 Å². The molecule has 0 radical (unpaired) electrons. The van der Waals surface area contributed by atoms with E-state index in [1.54, 1.807) is 11.3 Å². The van der Waals surface area contributed by atoms with E-state index in [1.807, 2.05) is 0 Å². The highest BCUT2D eigenvalue weighted by Gasteiger charge is 2.06. The van der Waals surface area contributed by atoms with Gasteiger partial charge in [-0.3, -0.25) is 0 Å². The summed E-state index contributed by atoms with van der Waals surface area (Å²) in [5.41, 5.74) is 5.58. The molecule has 56 valence electrons. The van der Waals surface area contributed by atoms with Crippen LogP contribution in [0, 0.1) is 0 Å².